The van der Waals surface area contributed by atoms with Gasteiger partial charge in [-0.2, -0.15) is 0 Å². The van der Waals surface area contributed by atoms with Gasteiger partial charge in [0.25, 0.3) is 0 Å². The molecule has 14 heavy (non-hydrogen) atoms. The maximum absolute atomic E-state index is 11.6. The Morgan fingerprint density at radius 3 is 3.29 bits per heavy atom. The molecule has 1 atom stereocenters. The maximum Gasteiger partial charge on any atom is 0.150 e. The highest BCUT2D eigenvalue weighted by molar-refractivity contribution is 5.83. The van der Waals surface area contributed by atoms with Gasteiger partial charge in [-0.25, -0.2) is 0 Å². The fraction of sp³-hybridized carbons (Fsp3) is 0.545. The van der Waals surface area contributed by atoms with Gasteiger partial charge < -0.3 is 9.73 Å². The van der Waals surface area contributed by atoms with Crippen molar-refractivity contribution in [3.05, 3.63) is 24.2 Å². The molecule has 1 aromatic rings. The molecule has 0 aromatic carbocycles. The first-order valence-electron chi connectivity index (χ1n) is 5.12. The van der Waals surface area contributed by atoms with Crippen LogP contribution in [-0.4, -0.2) is 18.9 Å². The van der Waals surface area contributed by atoms with E-state index in [9.17, 15) is 4.79 Å². The molecule has 0 bridgehead atoms. The minimum absolute atomic E-state index is 0.149. The highest BCUT2D eigenvalue weighted by Gasteiger charge is 2.21. The van der Waals surface area contributed by atoms with E-state index in [1.165, 1.54) is 0 Å². The van der Waals surface area contributed by atoms with E-state index in [1.54, 1.807) is 6.26 Å². The van der Waals surface area contributed by atoms with Crippen LogP contribution in [0.4, 0.5) is 0 Å². The molecular weight excluding hydrogens is 178 g/mol. The average molecular weight is 193 g/mol. The number of Topliss-reactive ketones (excluding diaryl/α,β-unsaturated/α-hetero) is 1. The van der Waals surface area contributed by atoms with Crippen molar-refractivity contribution in [2.45, 2.75) is 19.3 Å². The van der Waals surface area contributed by atoms with Gasteiger partial charge in [0.1, 0.15) is 11.5 Å². The van der Waals surface area contributed by atoms with E-state index in [-0.39, 0.29) is 5.92 Å². The van der Waals surface area contributed by atoms with Crippen LogP contribution in [0.5, 0.6) is 0 Å². The molecule has 3 nitrogen and oxygen atoms in total. The average Bonchev–Trinajstić information content (AvgIpc) is 2.60. The van der Waals surface area contributed by atoms with Crippen molar-refractivity contribution in [1.29, 1.82) is 0 Å². The fourth-order valence-corrected chi connectivity index (χ4v) is 1.88. The van der Waals surface area contributed by atoms with Crippen LogP contribution >= 0.6 is 0 Å². The molecular formula is C11H15NO2. The number of rotatable bonds is 2. The summed E-state index contributed by atoms with van der Waals surface area (Å²) in [5.41, 5.74) is 0. The third-order valence-electron chi connectivity index (χ3n) is 2.69. The van der Waals surface area contributed by atoms with Crippen LogP contribution in [0.25, 0.3) is 0 Å². The molecule has 1 saturated heterocycles. The van der Waals surface area contributed by atoms with Crippen molar-refractivity contribution in [3.63, 3.8) is 0 Å². The van der Waals surface area contributed by atoms with Gasteiger partial charge in [-0.05, 0) is 31.5 Å². The van der Waals surface area contributed by atoms with E-state index in [1.807, 2.05) is 12.1 Å². The Morgan fingerprint density at radius 2 is 2.50 bits per heavy atom. The summed E-state index contributed by atoms with van der Waals surface area (Å²) < 4.78 is 5.25. The van der Waals surface area contributed by atoms with Crippen LogP contribution in [-0.2, 0) is 11.2 Å². The molecule has 1 N–H and O–H groups in total. The summed E-state index contributed by atoms with van der Waals surface area (Å²) in [5, 5.41) is 3.13. The minimum Gasteiger partial charge on any atom is -0.469 e. The van der Waals surface area contributed by atoms with E-state index < -0.39 is 0 Å². The fourth-order valence-electron chi connectivity index (χ4n) is 1.88. The summed E-state index contributed by atoms with van der Waals surface area (Å²) in [6, 6.07) is 3.81. The molecule has 3 heteroatoms. The molecule has 1 aromatic heterocycles. The SMILES string of the molecule is O=C1CNCCCC1Cc1ccco1. The van der Waals surface area contributed by atoms with E-state index >= 15 is 0 Å². The number of carbonyl (C=O) groups is 1. The van der Waals surface area contributed by atoms with Crippen LogP contribution in [0.1, 0.15) is 18.6 Å². The van der Waals surface area contributed by atoms with Crippen molar-refractivity contribution >= 4 is 5.78 Å². The highest BCUT2D eigenvalue weighted by Crippen LogP contribution is 2.17. The molecule has 1 aliphatic rings. The molecule has 0 spiro atoms. The Morgan fingerprint density at radius 1 is 1.57 bits per heavy atom. The van der Waals surface area contributed by atoms with Gasteiger partial charge in [0.15, 0.2) is 0 Å². The lowest BCUT2D eigenvalue weighted by molar-refractivity contribution is -0.121. The molecule has 0 aliphatic carbocycles. The van der Waals surface area contributed by atoms with Crippen molar-refractivity contribution in [2.24, 2.45) is 5.92 Å². The summed E-state index contributed by atoms with van der Waals surface area (Å²) >= 11 is 0. The zero-order valence-corrected chi connectivity index (χ0v) is 8.16. The van der Waals surface area contributed by atoms with Crippen molar-refractivity contribution < 1.29 is 9.21 Å². The quantitative estimate of drug-likeness (QED) is 0.771. The second-order valence-corrected chi connectivity index (χ2v) is 3.77. The van der Waals surface area contributed by atoms with Crippen LogP contribution in [0, 0.1) is 5.92 Å². The first-order chi connectivity index (χ1) is 6.86. The molecule has 1 fully saturated rings. The van der Waals surface area contributed by atoms with E-state index in [2.05, 4.69) is 5.32 Å². The van der Waals surface area contributed by atoms with Crippen molar-refractivity contribution in [3.8, 4) is 0 Å². The number of carbonyl (C=O) groups excluding carboxylic acids is 1. The monoisotopic (exact) mass is 193 g/mol. The molecule has 1 unspecified atom stereocenters. The van der Waals surface area contributed by atoms with Crippen LogP contribution in [0.2, 0.25) is 0 Å². The molecule has 2 rings (SSSR count). The maximum atomic E-state index is 11.6. The number of hydrogen-bond donors (Lipinski definition) is 1. The third-order valence-corrected chi connectivity index (χ3v) is 2.69. The lowest BCUT2D eigenvalue weighted by atomic mass is 9.95. The van der Waals surface area contributed by atoms with Crippen LogP contribution in [0.3, 0.4) is 0 Å². The van der Waals surface area contributed by atoms with Gasteiger partial charge in [0.05, 0.1) is 12.8 Å². The van der Waals surface area contributed by atoms with Gasteiger partial charge in [-0.3, -0.25) is 4.79 Å². The van der Waals surface area contributed by atoms with Crippen molar-refractivity contribution in [2.75, 3.05) is 13.1 Å². The zero-order chi connectivity index (χ0) is 9.80. The number of hydrogen-bond acceptors (Lipinski definition) is 3. The Labute approximate surface area is 83.5 Å². The standard InChI is InChI=1S/C11H15NO2/c13-11-8-12-5-1-3-9(11)7-10-4-2-6-14-10/h2,4,6,9,12H,1,3,5,7-8H2. The second kappa shape index (κ2) is 4.42. The smallest absolute Gasteiger partial charge is 0.150 e. The molecule has 0 saturated carbocycles. The Kier molecular flexibility index (Phi) is 2.99. The van der Waals surface area contributed by atoms with Crippen LogP contribution in [0.15, 0.2) is 22.8 Å². The molecule has 0 radical (unpaired) electrons. The first-order valence-corrected chi connectivity index (χ1v) is 5.12. The van der Waals surface area contributed by atoms with E-state index in [0.717, 1.165) is 31.6 Å². The van der Waals surface area contributed by atoms with Gasteiger partial charge in [-0.1, -0.05) is 0 Å². The Hall–Kier alpha value is -1.09. The summed E-state index contributed by atoms with van der Waals surface area (Å²) in [5.74, 6) is 1.39. The summed E-state index contributed by atoms with van der Waals surface area (Å²) in [6.45, 7) is 1.48. The summed E-state index contributed by atoms with van der Waals surface area (Å²) in [6.07, 6.45) is 4.48. The minimum atomic E-state index is 0.149. The van der Waals surface area contributed by atoms with Crippen molar-refractivity contribution in [1.82, 2.24) is 5.32 Å². The Balaban J connectivity index is 1.98. The summed E-state index contributed by atoms with van der Waals surface area (Å²) in [4.78, 5) is 11.6. The van der Waals surface area contributed by atoms with Gasteiger partial charge in [0, 0.05) is 12.3 Å². The second-order valence-electron chi connectivity index (χ2n) is 3.77. The van der Waals surface area contributed by atoms with Crippen LogP contribution < -0.4 is 5.32 Å². The highest BCUT2D eigenvalue weighted by atomic mass is 16.3. The molecule has 2 heterocycles. The van der Waals surface area contributed by atoms with Gasteiger partial charge >= 0.3 is 0 Å². The number of ketones is 1. The first kappa shape index (κ1) is 9.46. The lowest BCUT2D eigenvalue weighted by Gasteiger charge is -2.09. The predicted octanol–water partition coefficient (Wildman–Crippen LogP) is 1.39. The lowest BCUT2D eigenvalue weighted by Crippen LogP contribution is -2.25. The van der Waals surface area contributed by atoms with Gasteiger partial charge in [-0.15, -0.1) is 0 Å². The van der Waals surface area contributed by atoms with E-state index in [0.29, 0.717) is 12.3 Å². The third kappa shape index (κ3) is 2.23. The Bertz CT molecular complexity index is 292. The normalized spacial score (nSPS) is 23.4. The molecule has 1 aliphatic heterocycles. The molecule has 76 valence electrons. The zero-order valence-electron chi connectivity index (χ0n) is 8.16. The predicted molar refractivity (Wildman–Crippen MR) is 53.0 cm³/mol. The number of furan rings is 1. The molecule has 0 amide bonds. The topological polar surface area (TPSA) is 42.2 Å². The number of nitrogens with one attached hydrogen (secondary N) is 1. The largest absolute Gasteiger partial charge is 0.469 e. The van der Waals surface area contributed by atoms with Gasteiger partial charge in [0.2, 0.25) is 0 Å². The van der Waals surface area contributed by atoms with E-state index in [4.69, 9.17) is 4.42 Å². The summed E-state index contributed by atoms with van der Waals surface area (Å²) in [7, 11) is 0.